The summed E-state index contributed by atoms with van der Waals surface area (Å²) in [6.07, 6.45) is 1.93. The molecule has 0 spiro atoms. The highest BCUT2D eigenvalue weighted by Crippen LogP contribution is 2.07. The van der Waals surface area contributed by atoms with Crippen LogP contribution in [-0.4, -0.2) is 53.1 Å². The molecule has 1 unspecified atom stereocenters. The van der Waals surface area contributed by atoms with Gasteiger partial charge in [-0.2, -0.15) is 0 Å². The van der Waals surface area contributed by atoms with Gasteiger partial charge < -0.3 is 14.9 Å². The summed E-state index contributed by atoms with van der Waals surface area (Å²) in [5.41, 5.74) is 0. The van der Waals surface area contributed by atoms with Gasteiger partial charge in [-0.05, 0) is 20.3 Å². The van der Waals surface area contributed by atoms with Gasteiger partial charge in [-0.3, -0.25) is 4.79 Å². The Balaban J connectivity index is 4.43. The van der Waals surface area contributed by atoms with Gasteiger partial charge in [-0.25, -0.2) is 4.79 Å². The normalized spacial score (nSPS) is 12.0. The quantitative estimate of drug-likeness (QED) is 0.754. The Kier molecular flexibility index (Phi) is 6.53. The first kappa shape index (κ1) is 14.7. The van der Waals surface area contributed by atoms with Crippen molar-refractivity contribution in [1.82, 2.24) is 9.80 Å². The lowest BCUT2D eigenvalue weighted by Crippen LogP contribution is -2.46. The van der Waals surface area contributed by atoms with E-state index in [4.69, 9.17) is 5.11 Å². The largest absolute Gasteiger partial charge is 0.480 e. The second-order valence-corrected chi connectivity index (χ2v) is 3.94. The minimum Gasteiger partial charge on any atom is -0.480 e. The number of rotatable bonds is 6. The molecule has 0 aromatic rings. The molecule has 0 saturated heterocycles. The molecule has 0 aromatic carbocycles. The van der Waals surface area contributed by atoms with E-state index in [-0.39, 0.29) is 18.6 Å². The van der Waals surface area contributed by atoms with Gasteiger partial charge in [-0.15, -0.1) is 0 Å². The van der Waals surface area contributed by atoms with Crippen molar-refractivity contribution in [1.29, 1.82) is 0 Å². The van der Waals surface area contributed by atoms with Gasteiger partial charge in [0.05, 0.1) is 0 Å². The van der Waals surface area contributed by atoms with Crippen molar-refractivity contribution in [2.24, 2.45) is 0 Å². The van der Waals surface area contributed by atoms with E-state index in [1.165, 1.54) is 4.90 Å². The first-order valence-corrected chi connectivity index (χ1v) is 5.67. The van der Waals surface area contributed by atoms with E-state index in [9.17, 15) is 9.59 Å². The molecule has 5 nitrogen and oxygen atoms in total. The Labute approximate surface area is 97.0 Å². The fourth-order valence-corrected chi connectivity index (χ4v) is 1.50. The summed E-state index contributed by atoms with van der Waals surface area (Å²) < 4.78 is 0. The molecule has 2 amide bonds. The summed E-state index contributed by atoms with van der Waals surface area (Å²) in [6, 6.07) is -0.0776. The predicted molar refractivity (Wildman–Crippen MR) is 62.4 cm³/mol. The van der Waals surface area contributed by atoms with Crippen molar-refractivity contribution >= 4 is 12.0 Å². The number of hydrogen-bond donors (Lipinski definition) is 1. The SMILES string of the molecule is CCCC(C)N(C)C(=O)N(CC)CC(=O)O. The molecule has 0 aliphatic rings. The van der Waals surface area contributed by atoms with Crippen LogP contribution in [0, 0.1) is 0 Å². The summed E-state index contributed by atoms with van der Waals surface area (Å²) in [5.74, 6) is -0.980. The maximum atomic E-state index is 11.9. The van der Waals surface area contributed by atoms with Crippen molar-refractivity contribution in [2.75, 3.05) is 20.1 Å². The van der Waals surface area contributed by atoms with E-state index in [0.29, 0.717) is 6.54 Å². The maximum Gasteiger partial charge on any atom is 0.323 e. The van der Waals surface area contributed by atoms with Crippen LogP contribution in [-0.2, 0) is 4.79 Å². The number of nitrogens with zero attached hydrogens (tertiary/aromatic N) is 2. The van der Waals surface area contributed by atoms with Gasteiger partial charge in [0.25, 0.3) is 0 Å². The highest BCUT2D eigenvalue weighted by atomic mass is 16.4. The number of amides is 2. The van der Waals surface area contributed by atoms with Crippen molar-refractivity contribution < 1.29 is 14.7 Å². The highest BCUT2D eigenvalue weighted by molar-refractivity contribution is 5.80. The van der Waals surface area contributed by atoms with Crippen LogP contribution in [0.5, 0.6) is 0 Å². The molecule has 1 atom stereocenters. The minimum atomic E-state index is -0.980. The second-order valence-electron chi connectivity index (χ2n) is 3.94. The van der Waals surface area contributed by atoms with Crippen LogP contribution in [0.3, 0.4) is 0 Å². The molecule has 1 N–H and O–H groups in total. The van der Waals surface area contributed by atoms with Crippen LogP contribution in [0.2, 0.25) is 0 Å². The van der Waals surface area contributed by atoms with Gasteiger partial charge in [0.15, 0.2) is 0 Å². The van der Waals surface area contributed by atoms with Crippen molar-refractivity contribution in [2.45, 2.75) is 39.7 Å². The van der Waals surface area contributed by atoms with Gasteiger partial charge in [0, 0.05) is 19.6 Å². The average Bonchev–Trinajstić information content (AvgIpc) is 2.23. The van der Waals surface area contributed by atoms with E-state index in [2.05, 4.69) is 6.92 Å². The standard InChI is InChI=1S/C11H22N2O3/c1-5-7-9(3)12(4)11(16)13(6-2)8-10(14)15/h9H,5-8H2,1-4H3,(H,14,15). The molecule has 5 heteroatoms. The third-order valence-corrected chi connectivity index (χ3v) is 2.65. The fourth-order valence-electron chi connectivity index (χ4n) is 1.50. The molecule has 0 aromatic heterocycles. The summed E-state index contributed by atoms with van der Waals surface area (Å²) in [6.45, 7) is 5.98. The van der Waals surface area contributed by atoms with Gasteiger partial charge in [0.1, 0.15) is 6.54 Å². The van der Waals surface area contributed by atoms with Crippen LogP contribution in [0.4, 0.5) is 4.79 Å². The van der Waals surface area contributed by atoms with Crippen molar-refractivity contribution in [3.05, 3.63) is 0 Å². The highest BCUT2D eigenvalue weighted by Gasteiger charge is 2.21. The lowest BCUT2D eigenvalue weighted by Gasteiger charge is -2.30. The molecule has 0 fully saturated rings. The molecule has 0 bridgehead atoms. The van der Waals surface area contributed by atoms with E-state index in [0.717, 1.165) is 12.8 Å². The number of carboxylic acid groups (broad SMARTS) is 1. The van der Waals surface area contributed by atoms with Crippen LogP contribution < -0.4 is 0 Å². The Morgan fingerprint density at radius 2 is 1.88 bits per heavy atom. The smallest absolute Gasteiger partial charge is 0.323 e. The van der Waals surface area contributed by atoms with Crippen LogP contribution in [0.15, 0.2) is 0 Å². The number of carboxylic acids is 1. The summed E-state index contributed by atoms with van der Waals surface area (Å²) in [4.78, 5) is 25.4. The Hall–Kier alpha value is -1.26. The molecular formula is C11H22N2O3. The molecule has 0 aliphatic heterocycles. The number of urea groups is 1. The summed E-state index contributed by atoms with van der Waals surface area (Å²) in [7, 11) is 1.72. The minimum absolute atomic E-state index is 0.139. The van der Waals surface area contributed by atoms with Gasteiger partial charge in [-0.1, -0.05) is 13.3 Å². The zero-order valence-corrected chi connectivity index (χ0v) is 10.6. The van der Waals surface area contributed by atoms with Crippen molar-refractivity contribution in [3.8, 4) is 0 Å². The first-order chi connectivity index (χ1) is 7.43. The Morgan fingerprint density at radius 1 is 1.31 bits per heavy atom. The van der Waals surface area contributed by atoms with Crippen LogP contribution in [0.25, 0.3) is 0 Å². The summed E-state index contributed by atoms with van der Waals surface area (Å²) >= 11 is 0. The van der Waals surface area contributed by atoms with Crippen molar-refractivity contribution in [3.63, 3.8) is 0 Å². The molecule has 0 radical (unpaired) electrons. The van der Waals surface area contributed by atoms with E-state index in [1.807, 2.05) is 6.92 Å². The molecular weight excluding hydrogens is 208 g/mol. The zero-order chi connectivity index (χ0) is 12.7. The monoisotopic (exact) mass is 230 g/mol. The van der Waals surface area contributed by atoms with E-state index < -0.39 is 5.97 Å². The first-order valence-electron chi connectivity index (χ1n) is 5.67. The number of carbonyl (C=O) groups is 2. The van der Waals surface area contributed by atoms with Gasteiger partial charge >= 0.3 is 12.0 Å². The number of likely N-dealkylation sites (N-methyl/N-ethyl adjacent to an activating group) is 1. The lowest BCUT2D eigenvalue weighted by atomic mass is 10.2. The topological polar surface area (TPSA) is 60.9 Å². The fraction of sp³-hybridized carbons (Fsp3) is 0.818. The van der Waals surface area contributed by atoms with Crippen LogP contribution in [0.1, 0.15) is 33.6 Å². The summed E-state index contributed by atoms with van der Waals surface area (Å²) in [5, 5.41) is 8.68. The van der Waals surface area contributed by atoms with E-state index in [1.54, 1.807) is 18.9 Å². The Morgan fingerprint density at radius 3 is 2.25 bits per heavy atom. The maximum absolute atomic E-state index is 11.9. The molecule has 0 aliphatic carbocycles. The third kappa shape index (κ3) is 4.51. The molecule has 0 heterocycles. The zero-order valence-electron chi connectivity index (χ0n) is 10.6. The van der Waals surface area contributed by atoms with Crippen LogP contribution >= 0.6 is 0 Å². The average molecular weight is 230 g/mol. The molecule has 94 valence electrons. The second kappa shape index (κ2) is 7.09. The third-order valence-electron chi connectivity index (χ3n) is 2.65. The molecule has 0 saturated carbocycles. The number of carbonyl (C=O) groups excluding carboxylic acids is 1. The number of aliphatic carboxylic acids is 1. The lowest BCUT2D eigenvalue weighted by molar-refractivity contribution is -0.137. The molecule has 16 heavy (non-hydrogen) atoms. The predicted octanol–water partition coefficient (Wildman–Crippen LogP) is 1.63. The Bertz CT molecular complexity index is 243. The van der Waals surface area contributed by atoms with E-state index >= 15 is 0 Å². The number of hydrogen-bond acceptors (Lipinski definition) is 2. The molecule has 0 rings (SSSR count). The van der Waals surface area contributed by atoms with Gasteiger partial charge in [0.2, 0.25) is 0 Å².